The van der Waals surface area contributed by atoms with E-state index in [1.165, 1.54) is 56.8 Å². The smallest absolute Gasteiger partial charge is 0.0861 e. The van der Waals surface area contributed by atoms with Gasteiger partial charge >= 0.3 is 0 Å². The fourth-order valence-electron chi connectivity index (χ4n) is 3.03. The zero-order valence-electron chi connectivity index (χ0n) is 13.8. The summed E-state index contributed by atoms with van der Waals surface area (Å²) in [6.07, 6.45) is 12.5. The van der Waals surface area contributed by atoms with Gasteiger partial charge in [-0.05, 0) is 11.8 Å². The Hall–Kier alpha value is -0.0800. The van der Waals surface area contributed by atoms with Crippen molar-refractivity contribution in [2.24, 2.45) is 11.8 Å². The highest BCUT2D eigenvalue weighted by Crippen LogP contribution is 2.23. The van der Waals surface area contributed by atoms with Gasteiger partial charge < -0.3 is 10.7 Å². The van der Waals surface area contributed by atoms with E-state index in [2.05, 4.69) is 27.7 Å². The van der Waals surface area contributed by atoms with E-state index in [1.54, 1.807) is 0 Å². The van der Waals surface area contributed by atoms with E-state index in [9.17, 15) is 5.21 Å². The van der Waals surface area contributed by atoms with Crippen LogP contribution in [0, 0.1) is 17.0 Å². The Bertz CT molecular complexity index is 166. The van der Waals surface area contributed by atoms with Crippen molar-refractivity contribution < 1.29 is 5.48 Å². The highest BCUT2D eigenvalue weighted by Gasteiger charge is 2.19. The van der Waals surface area contributed by atoms with Crippen LogP contribution in [0.25, 0.3) is 0 Å². The average Bonchev–Trinajstić information content (AvgIpc) is 2.45. The number of rotatable bonds is 13. The second-order valence-electron chi connectivity index (χ2n) is 6.20. The molecule has 0 aliphatic carbocycles. The van der Waals surface area contributed by atoms with Crippen molar-refractivity contribution in [2.75, 3.05) is 0 Å². The molecule has 0 aliphatic rings. The third-order valence-corrected chi connectivity index (χ3v) is 4.55. The molecule has 2 nitrogen and oxygen atoms in total. The maximum absolute atomic E-state index is 11.4. The summed E-state index contributed by atoms with van der Waals surface area (Å²) in [5.74, 6) is 1.53. The number of quaternary nitrogens is 1. The molecule has 2 atom stereocenters. The van der Waals surface area contributed by atoms with Crippen LogP contribution in [-0.2, 0) is 0 Å². The molecule has 0 aromatic rings. The number of hydrogen-bond donors (Lipinski definition) is 1. The topological polar surface area (TPSA) is 39.7 Å². The first-order chi connectivity index (χ1) is 9.21. The van der Waals surface area contributed by atoms with Crippen molar-refractivity contribution in [1.82, 2.24) is 0 Å². The third kappa shape index (κ3) is 9.45. The zero-order valence-corrected chi connectivity index (χ0v) is 13.8. The van der Waals surface area contributed by atoms with Gasteiger partial charge in [-0.3, -0.25) is 0 Å². The van der Waals surface area contributed by atoms with E-state index in [0.717, 1.165) is 24.7 Å². The van der Waals surface area contributed by atoms with Gasteiger partial charge in [0.2, 0.25) is 0 Å². The van der Waals surface area contributed by atoms with Gasteiger partial charge in [-0.2, -0.15) is 0 Å². The lowest BCUT2D eigenvalue weighted by atomic mass is 9.86. The summed E-state index contributed by atoms with van der Waals surface area (Å²) in [6, 6.07) is 0.309. The molecule has 0 aromatic heterocycles. The molecule has 0 rings (SSSR count). The standard InChI is InChI=1S/C17H37NO/c1-5-9-11-15(7-3)13-17(18-19)14-16(8-4)12-10-6-2/h15-17H,5-14,18H2,1-4H3. The minimum atomic E-state index is 0.309. The first-order valence-corrected chi connectivity index (χ1v) is 8.66. The summed E-state index contributed by atoms with van der Waals surface area (Å²) in [7, 11) is 0. The maximum Gasteiger partial charge on any atom is 0.0861 e. The Balaban J connectivity index is 4.14. The predicted molar refractivity (Wildman–Crippen MR) is 84.9 cm³/mol. The zero-order chi connectivity index (χ0) is 14.5. The maximum atomic E-state index is 11.4. The molecule has 0 aliphatic heterocycles. The van der Waals surface area contributed by atoms with Crippen LogP contribution in [0.4, 0.5) is 0 Å². The Morgan fingerprint density at radius 3 is 1.47 bits per heavy atom. The monoisotopic (exact) mass is 271 g/mol. The molecule has 0 spiro atoms. The van der Waals surface area contributed by atoms with Crippen molar-refractivity contribution in [1.29, 1.82) is 0 Å². The molecule has 0 fully saturated rings. The molecule has 0 radical (unpaired) electrons. The molecule has 0 saturated carbocycles. The third-order valence-electron chi connectivity index (χ3n) is 4.55. The van der Waals surface area contributed by atoms with Gasteiger partial charge in [0, 0.05) is 12.8 Å². The van der Waals surface area contributed by atoms with Crippen molar-refractivity contribution in [2.45, 2.75) is 97.9 Å². The number of nitrogens with two attached hydrogens (primary N) is 1. The van der Waals surface area contributed by atoms with Gasteiger partial charge in [0.25, 0.3) is 0 Å². The van der Waals surface area contributed by atoms with Gasteiger partial charge in [-0.1, -0.05) is 79.1 Å². The molecule has 2 N–H and O–H groups in total. The molecule has 0 bridgehead atoms. The number of unbranched alkanes of at least 4 members (excludes halogenated alkanes) is 2. The van der Waals surface area contributed by atoms with E-state index < -0.39 is 0 Å². The largest absolute Gasteiger partial charge is 0.636 e. The van der Waals surface area contributed by atoms with Crippen molar-refractivity contribution in [3.63, 3.8) is 0 Å². The minimum Gasteiger partial charge on any atom is -0.636 e. The summed E-state index contributed by atoms with van der Waals surface area (Å²) >= 11 is 0. The summed E-state index contributed by atoms with van der Waals surface area (Å²) in [5.41, 5.74) is 1.24. The van der Waals surface area contributed by atoms with Crippen LogP contribution < -0.4 is 5.48 Å². The summed E-state index contributed by atoms with van der Waals surface area (Å²) < 4.78 is 0. The Labute approximate surface area is 121 Å². The normalized spacial score (nSPS) is 16.3. The summed E-state index contributed by atoms with van der Waals surface area (Å²) in [5, 5.41) is 11.4. The molecule has 0 saturated heterocycles. The Kier molecular flexibility index (Phi) is 12.9. The van der Waals surface area contributed by atoms with Crippen LogP contribution in [0.2, 0.25) is 0 Å². The van der Waals surface area contributed by atoms with Crippen LogP contribution in [-0.4, -0.2) is 6.04 Å². The fraction of sp³-hybridized carbons (Fsp3) is 1.00. The van der Waals surface area contributed by atoms with Gasteiger partial charge in [-0.25, -0.2) is 0 Å². The molecule has 0 amide bonds. The first kappa shape index (κ1) is 18.9. The molecule has 19 heavy (non-hydrogen) atoms. The van der Waals surface area contributed by atoms with Gasteiger partial charge in [-0.15, -0.1) is 0 Å². The number of hydroxylamine groups is 1. The van der Waals surface area contributed by atoms with Crippen molar-refractivity contribution in [3.8, 4) is 0 Å². The van der Waals surface area contributed by atoms with Crippen molar-refractivity contribution in [3.05, 3.63) is 5.21 Å². The van der Waals surface area contributed by atoms with E-state index in [4.69, 9.17) is 0 Å². The van der Waals surface area contributed by atoms with E-state index in [-0.39, 0.29) is 0 Å². The minimum absolute atomic E-state index is 0.309. The van der Waals surface area contributed by atoms with Crippen LogP contribution >= 0.6 is 0 Å². The molecular formula is C17H37NO. The van der Waals surface area contributed by atoms with Gasteiger partial charge in [0.1, 0.15) is 0 Å². The second kappa shape index (κ2) is 12.9. The predicted octanol–water partition coefficient (Wildman–Crippen LogP) is 4.63. The summed E-state index contributed by atoms with van der Waals surface area (Å²) in [6.45, 7) is 9.05. The van der Waals surface area contributed by atoms with Crippen LogP contribution in [0.5, 0.6) is 0 Å². The lowest BCUT2D eigenvalue weighted by Gasteiger charge is -2.26. The van der Waals surface area contributed by atoms with E-state index >= 15 is 0 Å². The van der Waals surface area contributed by atoms with Gasteiger partial charge in [0.15, 0.2) is 0 Å². The first-order valence-electron chi connectivity index (χ1n) is 8.66. The lowest BCUT2D eigenvalue weighted by Crippen LogP contribution is -2.84. The van der Waals surface area contributed by atoms with Crippen LogP contribution in [0.15, 0.2) is 0 Å². The summed E-state index contributed by atoms with van der Waals surface area (Å²) in [4.78, 5) is 0. The Morgan fingerprint density at radius 1 is 0.789 bits per heavy atom. The lowest BCUT2D eigenvalue weighted by molar-refractivity contribution is -0.631. The fourth-order valence-corrected chi connectivity index (χ4v) is 3.03. The molecule has 116 valence electrons. The molecular weight excluding hydrogens is 234 g/mol. The SMILES string of the molecule is CCCCC(CC)CC(CC(CC)CCCC)[NH2+][O-]. The van der Waals surface area contributed by atoms with Crippen LogP contribution in [0.3, 0.4) is 0 Å². The molecule has 2 heteroatoms. The highest BCUT2D eigenvalue weighted by atomic mass is 16.5. The number of hydrogen-bond acceptors (Lipinski definition) is 1. The van der Waals surface area contributed by atoms with E-state index in [1.807, 2.05) is 0 Å². The Morgan fingerprint density at radius 2 is 1.21 bits per heavy atom. The highest BCUT2D eigenvalue weighted by molar-refractivity contribution is 4.69. The quantitative estimate of drug-likeness (QED) is 0.487. The molecule has 2 unspecified atom stereocenters. The van der Waals surface area contributed by atoms with Crippen molar-refractivity contribution >= 4 is 0 Å². The van der Waals surface area contributed by atoms with E-state index in [0.29, 0.717) is 6.04 Å². The second-order valence-corrected chi connectivity index (χ2v) is 6.20. The van der Waals surface area contributed by atoms with Crippen LogP contribution in [0.1, 0.15) is 91.9 Å². The molecule has 0 aromatic carbocycles. The average molecular weight is 271 g/mol. The van der Waals surface area contributed by atoms with Gasteiger partial charge in [0.05, 0.1) is 6.04 Å². The molecule has 0 heterocycles.